The Hall–Kier alpha value is -1.70. The van der Waals surface area contributed by atoms with Crippen LogP contribution in [0.3, 0.4) is 0 Å². The maximum atomic E-state index is 12.0. The Bertz CT molecular complexity index is 691. The van der Waals surface area contributed by atoms with Crippen molar-refractivity contribution in [2.24, 2.45) is 0 Å². The molecule has 0 aliphatic carbocycles. The Morgan fingerprint density at radius 2 is 1.95 bits per heavy atom. The van der Waals surface area contributed by atoms with Crippen LogP contribution in [0.25, 0.3) is 0 Å². The number of nitrogens with one attached hydrogen (secondary N) is 1. The Balaban J connectivity index is 2.09. The second kappa shape index (κ2) is 7.53. The SMILES string of the molecule is Cc1ccc(N(CC(=O)Nc2cccc(Br)c2)S(=O)[O-])cc1. The fourth-order valence-electron chi connectivity index (χ4n) is 1.84. The summed E-state index contributed by atoms with van der Waals surface area (Å²) in [6, 6.07) is 14.0. The number of benzene rings is 2. The molecule has 22 heavy (non-hydrogen) atoms. The van der Waals surface area contributed by atoms with Gasteiger partial charge in [0.2, 0.25) is 5.91 Å². The molecule has 1 amide bonds. The summed E-state index contributed by atoms with van der Waals surface area (Å²) in [4.78, 5) is 12.0. The van der Waals surface area contributed by atoms with Gasteiger partial charge in [-0.2, -0.15) is 0 Å². The molecule has 0 aliphatic heterocycles. The highest BCUT2D eigenvalue weighted by molar-refractivity contribution is 9.10. The van der Waals surface area contributed by atoms with E-state index in [1.165, 1.54) is 0 Å². The molecule has 5 nitrogen and oxygen atoms in total. The summed E-state index contributed by atoms with van der Waals surface area (Å²) < 4.78 is 24.6. The van der Waals surface area contributed by atoms with E-state index in [9.17, 15) is 13.6 Å². The van der Waals surface area contributed by atoms with Crippen LogP contribution < -0.4 is 9.62 Å². The van der Waals surface area contributed by atoms with Gasteiger partial charge in [0.25, 0.3) is 0 Å². The molecule has 1 unspecified atom stereocenters. The van der Waals surface area contributed by atoms with Crippen LogP contribution in [-0.2, 0) is 16.1 Å². The standard InChI is InChI=1S/C15H15BrN2O3S/c1-11-5-7-14(8-6-11)18(22(20)21)10-15(19)17-13-4-2-3-12(16)9-13/h2-9H,10H2,1H3,(H,17,19)(H,20,21)/p-1. The summed E-state index contributed by atoms with van der Waals surface area (Å²) in [5, 5.41) is 2.67. The average molecular weight is 382 g/mol. The van der Waals surface area contributed by atoms with Gasteiger partial charge < -0.3 is 9.87 Å². The highest BCUT2D eigenvalue weighted by atomic mass is 79.9. The molecule has 2 rings (SSSR count). The van der Waals surface area contributed by atoms with Crippen LogP contribution in [0.15, 0.2) is 53.0 Å². The van der Waals surface area contributed by atoms with Crippen molar-refractivity contribution in [3.05, 3.63) is 58.6 Å². The highest BCUT2D eigenvalue weighted by Gasteiger charge is 2.12. The molecule has 0 heterocycles. The molecular weight excluding hydrogens is 368 g/mol. The van der Waals surface area contributed by atoms with Crippen molar-refractivity contribution in [2.75, 3.05) is 16.2 Å². The van der Waals surface area contributed by atoms with Gasteiger partial charge in [-0.25, -0.2) is 0 Å². The zero-order chi connectivity index (χ0) is 16.1. The number of amides is 1. The number of hydrogen-bond donors (Lipinski definition) is 1. The average Bonchev–Trinajstić information content (AvgIpc) is 2.45. The van der Waals surface area contributed by atoms with Crippen molar-refractivity contribution in [1.29, 1.82) is 0 Å². The second-order valence-electron chi connectivity index (χ2n) is 4.65. The molecule has 1 N–H and O–H groups in total. The maximum Gasteiger partial charge on any atom is 0.245 e. The molecule has 0 saturated heterocycles. The van der Waals surface area contributed by atoms with E-state index in [1.807, 2.05) is 13.0 Å². The van der Waals surface area contributed by atoms with E-state index in [1.54, 1.807) is 42.5 Å². The Morgan fingerprint density at radius 3 is 2.55 bits per heavy atom. The summed E-state index contributed by atoms with van der Waals surface area (Å²) in [6.07, 6.45) is 0. The van der Waals surface area contributed by atoms with Crippen LogP contribution in [0.2, 0.25) is 0 Å². The molecule has 0 saturated carbocycles. The summed E-state index contributed by atoms with van der Waals surface area (Å²) in [5.74, 6) is -0.414. The third-order valence-corrected chi connectivity index (χ3v) is 4.09. The number of carbonyl (C=O) groups is 1. The molecule has 0 radical (unpaired) electrons. The fourth-order valence-corrected chi connectivity index (χ4v) is 2.75. The van der Waals surface area contributed by atoms with E-state index >= 15 is 0 Å². The lowest BCUT2D eigenvalue weighted by molar-refractivity contribution is -0.114. The molecule has 2 aromatic carbocycles. The lowest BCUT2D eigenvalue weighted by atomic mass is 10.2. The highest BCUT2D eigenvalue weighted by Crippen LogP contribution is 2.18. The molecule has 0 bridgehead atoms. The normalized spacial score (nSPS) is 11.8. The van der Waals surface area contributed by atoms with Crippen LogP contribution >= 0.6 is 15.9 Å². The minimum Gasteiger partial charge on any atom is -0.755 e. The summed E-state index contributed by atoms with van der Waals surface area (Å²) in [6.45, 7) is 1.62. The van der Waals surface area contributed by atoms with Gasteiger partial charge in [-0.05, 0) is 37.3 Å². The van der Waals surface area contributed by atoms with E-state index in [0.717, 1.165) is 14.3 Å². The van der Waals surface area contributed by atoms with Crippen LogP contribution in [0.4, 0.5) is 11.4 Å². The lowest BCUT2D eigenvalue weighted by Gasteiger charge is -2.25. The quantitative estimate of drug-likeness (QED) is 0.809. The van der Waals surface area contributed by atoms with Crippen LogP contribution in [0.5, 0.6) is 0 Å². The van der Waals surface area contributed by atoms with Crippen molar-refractivity contribution < 1.29 is 13.6 Å². The van der Waals surface area contributed by atoms with Gasteiger partial charge in [-0.3, -0.25) is 13.3 Å². The molecule has 2 aromatic rings. The number of hydrogen-bond acceptors (Lipinski definition) is 3. The fraction of sp³-hybridized carbons (Fsp3) is 0.133. The minimum absolute atomic E-state index is 0.286. The van der Waals surface area contributed by atoms with Crippen LogP contribution in [-0.4, -0.2) is 21.2 Å². The van der Waals surface area contributed by atoms with Gasteiger partial charge in [0, 0.05) is 27.1 Å². The maximum absolute atomic E-state index is 12.0. The van der Waals surface area contributed by atoms with Crippen molar-refractivity contribution in [1.82, 2.24) is 0 Å². The van der Waals surface area contributed by atoms with Gasteiger partial charge in [0.1, 0.15) is 6.54 Å². The molecule has 0 fully saturated rings. The molecule has 0 aliphatic rings. The molecular formula is C15H14BrN2O3S-. The number of rotatable bonds is 5. The van der Waals surface area contributed by atoms with Crippen LogP contribution in [0, 0.1) is 6.92 Å². The molecule has 1 atom stereocenters. The zero-order valence-corrected chi connectivity index (χ0v) is 14.2. The van der Waals surface area contributed by atoms with E-state index < -0.39 is 17.2 Å². The zero-order valence-electron chi connectivity index (χ0n) is 11.8. The Kier molecular flexibility index (Phi) is 5.70. The lowest BCUT2D eigenvalue weighted by Crippen LogP contribution is -2.34. The predicted molar refractivity (Wildman–Crippen MR) is 90.2 cm³/mol. The van der Waals surface area contributed by atoms with E-state index in [0.29, 0.717) is 11.4 Å². The smallest absolute Gasteiger partial charge is 0.245 e. The molecule has 7 heteroatoms. The number of aryl methyl sites for hydroxylation is 1. The number of carbonyl (C=O) groups excluding carboxylic acids is 1. The first-order valence-corrected chi connectivity index (χ1v) is 8.27. The largest absolute Gasteiger partial charge is 0.755 e. The van der Waals surface area contributed by atoms with Gasteiger partial charge in [-0.1, -0.05) is 39.7 Å². The molecule has 0 aromatic heterocycles. The van der Waals surface area contributed by atoms with Crippen molar-refractivity contribution >= 4 is 44.5 Å². The number of halogens is 1. The van der Waals surface area contributed by atoms with E-state index in [4.69, 9.17) is 0 Å². The van der Waals surface area contributed by atoms with Gasteiger partial charge >= 0.3 is 0 Å². The predicted octanol–water partition coefficient (Wildman–Crippen LogP) is 3.00. The first-order chi connectivity index (χ1) is 10.5. The monoisotopic (exact) mass is 381 g/mol. The Labute approximate surface area is 139 Å². The molecule has 116 valence electrons. The van der Waals surface area contributed by atoms with Crippen molar-refractivity contribution in [3.8, 4) is 0 Å². The van der Waals surface area contributed by atoms with E-state index in [2.05, 4.69) is 21.2 Å². The first-order valence-electron chi connectivity index (χ1n) is 6.45. The minimum atomic E-state index is -2.53. The van der Waals surface area contributed by atoms with Gasteiger partial charge in [0.15, 0.2) is 0 Å². The third-order valence-electron chi connectivity index (χ3n) is 2.90. The number of nitrogens with zero attached hydrogens (tertiary/aromatic N) is 1. The first kappa shape index (κ1) is 16.7. The number of anilines is 2. The van der Waals surface area contributed by atoms with Crippen LogP contribution in [0.1, 0.15) is 5.56 Å². The van der Waals surface area contributed by atoms with Crippen molar-refractivity contribution in [2.45, 2.75) is 6.92 Å². The second-order valence-corrected chi connectivity index (χ2v) is 6.44. The summed E-state index contributed by atoms with van der Waals surface area (Å²) >= 11 is 0.779. The third kappa shape index (κ3) is 4.66. The van der Waals surface area contributed by atoms with E-state index in [-0.39, 0.29) is 6.54 Å². The van der Waals surface area contributed by atoms with Gasteiger partial charge in [-0.15, -0.1) is 0 Å². The van der Waals surface area contributed by atoms with Crippen molar-refractivity contribution in [3.63, 3.8) is 0 Å². The topological polar surface area (TPSA) is 72.5 Å². The molecule has 0 spiro atoms. The van der Waals surface area contributed by atoms with Gasteiger partial charge in [0.05, 0.1) is 0 Å². The summed E-state index contributed by atoms with van der Waals surface area (Å²) in [7, 11) is 0. The Morgan fingerprint density at radius 1 is 1.27 bits per heavy atom. The summed E-state index contributed by atoms with van der Waals surface area (Å²) in [5.41, 5.74) is 2.06.